The summed E-state index contributed by atoms with van der Waals surface area (Å²) in [5, 5.41) is 3.79. The molecule has 0 saturated heterocycles. The average molecular weight is 302 g/mol. The highest BCUT2D eigenvalue weighted by Crippen LogP contribution is 2.22. The molecule has 0 radical (unpaired) electrons. The lowest BCUT2D eigenvalue weighted by Gasteiger charge is -2.27. The third-order valence-electron chi connectivity index (χ3n) is 3.28. The zero-order valence-corrected chi connectivity index (χ0v) is 12.7. The molecule has 4 heteroatoms. The van der Waals surface area contributed by atoms with E-state index in [1.165, 1.54) is 0 Å². The fraction of sp³-hybridized carbons (Fsp3) is 0.615. The van der Waals surface area contributed by atoms with E-state index >= 15 is 0 Å². The summed E-state index contributed by atoms with van der Waals surface area (Å²) in [5.41, 5.74) is 1.37. The maximum absolute atomic E-state index is 12.2. The van der Waals surface area contributed by atoms with Gasteiger partial charge in [-0.25, -0.2) is 0 Å². The molecule has 1 N–H and O–H groups in total. The van der Waals surface area contributed by atoms with Gasteiger partial charge < -0.3 is 9.73 Å². The number of rotatable bonds is 4. The normalized spacial score (nSPS) is 14.5. The summed E-state index contributed by atoms with van der Waals surface area (Å²) in [6, 6.07) is 0. The van der Waals surface area contributed by atoms with Crippen molar-refractivity contribution in [3.8, 4) is 0 Å². The molecule has 0 aliphatic rings. The number of carbonyl (C=O) groups is 1. The van der Waals surface area contributed by atoms with Crippen molar-refractivity contribution in [3.05, 3.63) is 22.6 Å². The Morgan fingerprint density at radius 3 is 2.29 bits per heavy atom. The van der Waals surface area contributed by atoms with E-state index in [1.54, 1.807) is 0 Å². The maximum atomic E-state index is 12.2. The molecule has 1 aromatic heterocycles. The van der Waals surface area contributed by atoms with Crippen LogP contribution in [0, 0.1) is 20.8 Å². The van der Waals surface area contributed by atoms with Gasteiger partial charge in [-0.3, -0.25) is 4.79 Å². The molecule has 1 unspecified atom stereocenters. The van der Waals surface area contributed by atoms with E-state index in [1.807, 2.05) is 27.7 Å². The van der Waals surface area contributed by atoms with Crippen molar-refractivity contribution in [2.75, 3.05) is 5.33 Å². The van der Waals surface area contributed by atoms with E-state index in [-0.39, 0.29) is 11.4 Å². The molecule has 3 nitrogen and oxygen atoms in total. The molecule has 0 spiro atoms. The standard InChI is InChI=1S/C13H20BrNO2/c1-6-13(5,7-14)15-12(16)11-8(2)9(3)17-10(11)4/h6-7H2,1-5H3,(H,15,16). The van der Waals surface area contributed by atoms with E-state index in [0.29, 0.717) is 11.3 Å². The zero-order valence-electron chi connectivity index (χ0n) is 11.1. The Morgan fingerprint density at radius 2 is 1.94 bits per heavy atom. The number of amides is 1. The molecule has 0 aliphatic heterocycles. The number of aryl methyl sites for hydroxylation is 2. The minimum Gasteiger partial charge on any atom is -0.466 e. The van der Waals surface area contributed by atoms with E-state index in [0.717, 1.165) is 23.1 Å². The largest absolute Gasteiger partial charge is 0.466 e. The first-order valence-electron chi connectivity index (χ1n) is 5.79. The van der Waals surface area contributed by atoms with Crippen molar-refractivity contribution in [1.82, 2.24) is 5.32 Å². The van der Waals surface area contributed by atoms with Crippen molar-refractivity contribution in [2.45, 2.75) is 46.6 Å². The minimum absolute atomic E-state index is 0.0550. The molecule has 17 heavy (non-hydrogen) atoms. The Labute approximate surface area is 111 Å². The Morgan fingerprint density at radius 1 is 1.35 bits per heavy atom. The molecular weight excluding hydrogens is 282 g/mol. The molecule has 96 valence electrons. The van der Waals surface area contributed by atoms with Crippen LogP contribution in [0.3, 0.4) is 0 Å². The van der Waals surface area contributed by atoms with Crippen molar-refractivity contribution in [2.24, 2.45) is 0 Å². The van der Waals surface area contributed by atoms with Crippen LogP contribution in [0.1, 0.15) is 47.7 Å². The molecule has 0 aliphatic carbocycles. The van der Waals surface area contributed by atoms with Crippen molar-refractivity contribution in [3.63, 3.8) is 0 Å². The summed E-state index contributed by atoms with van der Waals surface area (Å²) >= 11 is 3.44. The van der Waals surface area contributed by atoms with E-state index in [4.69, 9.17) is 4.42 Å². The minimum atomic E-state index is -0.221. The Bertz CT molecular complexity index is 419. The molecule has 1 amide bonds. The number of alkyl halides is 1. The second kappa shape index (κ2) is 5.25. The summed E-state index contributed by atoms with van der Waals surface area (Å²) in [6.07, 6.45) is 0.874. The summed E-state index contributed by atoms with van der Waals surface area (Å²) in [6.45, 7) is 9.70. The highest BCUT2D eigenvalue weighted by Gasteiger charge is 2.26. The number of hydrogen-bond donors (Lipinski definition) is 1. The topological polar surface area (TPSA) is 42.2 Å². The molecule has 1 heterocycles. The monoisotopic (exact) mass is 301 g/mol. The smallest absolute Gasteiger partial charge is 0.255 e. The molecular formula is C13H20BrNO2. The van der Waals surface area contributed by atoms with Gasteiger partial charge >= 0.3 is 0 Å². The number of hydrogen-bond acceptors (Lipinski definition) is 2. The van der Waals surface area contributed by atoms with Crippen molar-refractivity contribution in [1.29, 1.82) is 0 Å². The van der Waals surface area contributed by atoms with Gasteiger partial charge in [0, 0.05) is 16.4 Å². The summed E-state index contributed by atoms with van der Waals surface area (Å²) in [5.74, 6) is 1.44. The number of furan rings is 1. The van der Waals surface area contributed by atoms with E-state index in [2.05, 4.69) is 28.2 Å². The SMILES string of the molecule is CCC(C)(CBr)NC(=O)c1c(C)oc(C)c1C. The molecule has 0 fully saturated rings. The van der Waals surface area contributed by atoms with Gasteiger partial charge in [-0.1, -0.05) is 22.9 Å². The third kappa shape index (κ3) is 2.92. The summed E-state index contributed by atoms with van der Waals surface area (Å²) in [4.78, 5) is 12.2. The lowest BCUT2D eigenvalue weighted by Crippen LogP contribution is -2.47. The van der Waals surface area contributed by atoms with Crippen LogP contribution in [-0.2, 0) is 0 Å². The molecule has 0 saturated carbocycles. The highest BCUT2D eigenvalue weighted by molar-refractivity contribution is 9.09. The van der Waals surface area contributed by atoms with Crippen LogP contribution in [0.5, 0.6) is 0 Å². The number of halogens is 1. The van der Waals surface area contributed by atoms with Crippen LogP contribution in [0.15, 0.2) is 4.42 Å². The second-order valence-electron chi connectivity index (χ2n) is 4.72. The van der Waals surface area contributed by atoms with Gasteiger partial charge in [-0.2, -0.15) is 0 Å². The first kappa shape index (κ1) is 14.3. The number of carbonyl (C=O) groups excluding carboxylic acids is 1. The molecule has 1 aromatic rings. The van der Waals surface area contributed by atoms with Gasteiger partial charge in [0.2, 0.25) is 0 Å². The molecule has 0 aromatic carbocycles. The lowest BCUT2D eigenvalue weighted by atomic mass is 10.0. The maximum Gasteiger partial charge on any atom is 0.255 e. The van der Waals surface area contributed by atoms with Gasteiger partial charge in [0.15, 0.2) is 0 Å². The lowest BCUT2D eigenvalue weighted by molar-refractivity contribution is 0.0911. The van der Waals surface area contributed by atoms with Crippen LogP contribution < -0.4 is 5.32 Å². The fourth-order valence-corrected chi connectivity index (χ4v) is 2.22. The predicted molar refractivity (Wildman–Crippen MR) is 72.9 cm³/mol. The van der Waals surface area contributed by atoms with Gasteiger partial charge in [0.1, 0.15) is 11.5 Å². The van der Waals surface area contributed by atoms with Crippen LogP contribution in [0.2, 0.25) is 0 Å². The Balaban J connectivity index is 2.98. The van der Waals surface area contributed by atoms with Crippen LogP contribution >= 0.6 is 15.9 Å². The van der Waals surface area contributed by atoms with Crippen molar-refractivity contribution >= 4 is 21.8 Å². The van der Waals surface area contributed by atoms with Gasteiger partial charge in [0.25, 0.3) is 5.91 Å². The van der Waals surface area contributed by atoms with E-state index in [9.17, 15) is 4.79 Å². The van der Waals surface area contributed by atoms with E-state index < -0.39 is 0 Å². The third-order valence-corrected chi connectivity index (χ3v) is 4.52. The van der Waals surface area contributed by atoms with Crippen LogP contribution in [0.25, 0.3) is 0 Å². The van der Waals surface area contributed by atoms with Crippen LogP contribution in [0.4, 0.5) is 0 Å². The van der Waals surface area contributed by atoms with Gasteiger partial charge in [-0.05, 0) is 34.1 Å². The van der Waals surface area contributed by atoms with Crippen LogP contribution in [-0.4, -0.2) is 16.8 Å². The van der Waals surface area contributed by atoms with Gasteiger partial charge in [0.05, 0.1) is 5.56 Å². The Kier molecular flexibility index (Phi) is 4.42. The highest BCUT2D eigenvalue weighted by atomic mass is 79.9. The average Bonchev–Trinajstić information content (AvgIpc) is 2.53. The summed E-state index contributed by atoms with van der Waals surface area (Å²) < 4.78 is 5.48. The first-order valence-corrected chi connectivity index (χ1v) is 6.92. The second-order valence-corrected chi connectivity index (χ2v) is 5.28. The van der Waals surface area contributed by atoms with Gasteiger partial charge in [-0.15, -0.1) is 0 Å². The van der Waals surface area contributed by atoms with Crippen molar-refractivity contribution < 1.29 is 9.21 Å². The predicted octanol–water partition coefficient (Wildman–Crippen LogP) is 3.50. The molecule has 1 rings (SSSR count). The Hall–Kier alpha value is -0.770. The molecule has 1 atom stereocenters. The fourth-order valence-electron chi connectivity index (χ4n) is 1.68. The zero-order chi connectivity index (χ0) is 13.2. The summed E-state index contributed by atoms with van der Waals surface area (Å²) in [7, 11) is 0. The quantitative estimate of drug-likeness (QED) is 0.865. The molecule has 0 bridgehead atoms. The number of nitrogens with one attached hydrogen (secondary N) is 1. The first-order chi connectivity index (χ1) is 7.84.